The van der Waals surface area contributed by atoms with Crippen molar-refractivity contribution in [2.75, 3.05) is 45.6 Å². The van der Waals surface area contributed by atoms with E-state index >= 15 is 0 Å². The van der Waals surface area contributed by atoms with Crippen molar-refractivity contribution in [2.24, 2.45) is 5.73 Å². The third-order valence-electron chi connectivity index (χ3n) is 5.97. The van der Waals surface area contributed by atoms with Crippen LogP contribution in [0.2, 0.25) is 0 Å². The van der Waals surface area contributed by atoms with E-state index in [4.69, 9.17) is 0 Å². The Hall–Kier alpha value is -3.85. The largest absolute Gasteiger partial charge is 0.352 e. The fourth-order valence-electron chi connectivity index (χ4n) is 4.03. The molecule has 33 heavy (non-hydrogen) atoms. The summed E-state index contributed by atoms with van der Waals surface area (Å²) in [7, 11) is 3.56. The molecule has 1 fully saturated rings. The predicted molar refractivity (Wildman–Crippen MR) is 129 cm³/mol. The summed E-state index contributed by atoms with van der Waals surface area (Å²) in [4.78, 5) is 26.0. The van der Waals surface area contributed by atoms with Gasteiger partial charge in [0.1, 0.15) is 0 Å². The first-order chi connectivity index (χ1) is 16.0. The number of fused-ring (bicyclic) bond motifs is 3. The van der Waals surface area contributed by atoms with Crippen LogP contribution in [0.25, 0.3) is 22.5 Å². The number of rotatable bonds is 2. The molecular weight excluding hydrogens is 418 g/mol. The summed E-state index contributed by atoms with van der Waals surface area (Å²) in [5.74, 6) is 0. The van der Waals surface area contributed by atoms with E-state index in [1.807, 2.05) is 29.2 Å². The molecule has 5 rings (SSSR count). The van der Waals surface area contributed by atoms with Crippen LogP contribution in [-0.2, 0) is 6.42 Å². The number of anilines is 1. The Morgan fingerprint density at radius 1 is 1.03 bits per heavy atom. The molecule has 0 unspecified atom stereocenters. The van der Waals surface area contributed by atoms with Crippen LogP contribution in [0.5, 0.6) is 0 Å². The van der Waals surface area contributed by atoms with Crippen LogP contribution in [0.3, 0.4) is 0 Å². The van der Waals surface area contributed by atoms with Gasteiger partial charge in [-0.05, 0) is 24.7 Å². The second-order valence-corrected chi connectivity index (χ2v) is 8.17. The maximum atomic E-state index is 12.4. The molecule has 0 atom stereocenters. The minimum atomic E-state index is -0.495. The Morgan fingerprint density at radius 3 is 2.36 bits per heavy atom. The molecular formula is C24H29N7O2. The van der Waals surface area contributed by atoms with Crippen molar-refractivity contribution in [3.8, 4) is 22.5 Å². The monoisotopic (exact) mass is 447 g/mol. The number of nitrogens with zero attached hydrogens (tertiary/aromatic N) is 3. The van der Waals surface area contributed by atoms with Crippen molar-refractivity contribution < 1.29 is 9.59 Å². The highest BCUT2D eigenvalue weighted by Crippen LogP contribution is 2.39. The molecule has 1 aliphatic heterocycles. The molecule has 9 heteroatoms. The van der Waals surface area contributed by atoms with E-state index in [0.717, 1.165) is 55.2 Å². The first-order valence-corrected chi connectivity index (χ1v) is 10.9. The third kappa shape index (κ3) is 4.98. The number of hydrogen-bond acceptors (Lipinski definition) is 4. The van der Waals surface area contributed by atoms with Crippen molar-refractivity contribution in [3.05, 3.63) is 59.7 Å². The van der Waals surface area contributed by atoms with Gasteiger partial charge in [-0.3, -0.25) is 5.10 Å². The molecule has 2 aromatic carbocycles. The normalized spacial score (nSPS) is 14.5. The number of carbonyl (C=O) groups is 2. The van der Waals surface area contributed by atoms with E-state index in [1.54, 1.807) is 0 Å². The van der Waals surface area contributed by atoms with Gasteiger partial charge in [0.2, 0.25) is 0 Å². The number of aromatic amines is 1. The fraction of sp³-hybridized carbons (Fsp3) is 0.292. The van der Waals surface area contributed by atoms with Crippen LogP contribution in [-0.4, -0.2) is 72.3 Å². The maximum Gasteiger partial charge on any atom is 0.321 e. The van der Waals surface area contributed by atoms with Gasteiger partial charge in [-0.2, -0.15) is 5.10 Å². The molecule has 0 radical (unpaired) electrons. The van der Waals surface area contributed by atoms with Crippen LogP contribution >= 0.6 is 0 Å². The summed E-state index contributed by atoms with van der Waals surface area (Å²) in [6, 6.07) is 15.9. The minimum Gasteiger partial charge on any atom is -0.352 e. The van der Waals surface area contributed by atoms with Gasteiger partial charge in [-0.1, -0.05) is 36.4 Å². The Balaban J connectivity index is 0.000000471. The molecule has 3 aromatic rings. The molecule has 2 aliphatic rings. The summed E-state index contributed by atoms with van der Waals surface area (Å²) < 4.78 is 0. The standard InChI is InChI=1S/C22H23N5O.C2H6N2O/c1-26-10-12-27(13-11-26)22(28)23-17-8-6-15(7-9-17)20-19-14-16-4-2-3-5-18(16)21(19)25-24-20;1-4-2(3)5/h2-9H,10-14H2,1H3,(H,23,28)(H,24,25);1H3,(H3,3,4,5). The van der Waals surface area contributed by atoms with Crippen molar-refractivity contribution >= 4 is 17.7 Å². The lowest BCUT2D eigenvalue weighted by Crippen LogP contribution is -2.48. The number of nitrogens with two attached hydrogens (primary N) is 1. The molecule has 172 valence electrons. The van der Waals surface area contributed by atoms with E-state index in [0.29, 0.717) is 0 Å². The number of benzene rings is 2. The molecule has 9 nitrogen and oxygen atoms in total. The molecule has 4 amide bonds. The van der Waals surface area contributed by atoms with Crippen LogP contribution in [0.4, 0.5) is 15.3 Å². The Morgan fingerprint density at radius 2 is 1.70 bits per heavy atom. The number of amides is 4. The Labute approximate surface area is 193 Å². The van der Waals surface area contributed by atoms with Crippen LogP contribution in [0.1, 0.15) is 11.1 Å². The van der Waals surface area contributed by atoms with Gasteiger partial charge in [-0.25, -0.2) is 9.59 Å². The first kappa shape index (κ1) is 22.3. The Bertz CT molecular complexity index is 1130. The number of likely N-dealkylation sites (N-methyl/N-ethyl adjacent to an activating group) is 1. The highest BCUT2D eigenvalue weighted by Gasteiger charge is 2.24. The van der Waals surface area contributed by atoms with Gasteiger partial charge >= 0.3 is 12.1 Å². The van der Waals surface area contributed by atoms with Gasteiger partial charge in [0.05, 0.1) is 11.4 Å². The van der Waals surface area contributed by atoms with Gasteiger partial charge < -0.3 is 26.2 Å². The van der Waals surface area contributed by atoms with Crippen molar-refractivity contribution in [1.29, 1.82) is 0 Å². The van der Waals surface area contributed by atoms with E-state index in [-0.39, 0.29) is 6.03 Å². The number of carbonyl (C=O) groups excluding carboxylic acids is 2. The third-order valence-corrected chi connectivity index (χ3v) is 5.97. The minimum absolute atomic E-state index is 0.0306. The van der Waals surface area contributed by atoms with Gasteiger partial charge in [-0.15, -0.1) is 0 Å². The zero-order valence-electron chi connectivity index (χ0n) is 18.9. The Kier molecular flexibility index (Phi) is 6.60. The lowest BCUT2D eigenvalue weighted by atomic mass is 10.1. The average molecular weight is 448 g/mol. The highest BCUT2D eigenvalue weighted by atomic mass is 16.2. The molecule has 1 aliphatic carbocycles. The van der Waals surface area contributed by atoms with Crippen LogP contribution in [0.15, 0.2) is 48.5 Å². The maximum absolute atomic E-state index is 12.4. The summed E-state index contributed by atoms with van der Waals surface area (Å²) in [6.07, 6.45) is 0.902. The zero-order chi connectivity index (χ0) is 23.4. The van der Waals surface area contributed by atoms with Crippen molar-refractivity contribution in [1.82, 2.24) is 25.3 Å². The lowest BCUT2D eigenvalue weighted by Gasteiger charge is -2.32. The number of aromatic nitrogens is 2. The number of H-pyrrole nitrogens is 1. The topological polar surface area (TPSA) is 119 Å². The molecule has 0 saturated carbocycles. The number of hydrogen-bond donors (Lipinski definition) is 4. The second-order valence-electron chi connectivity index (χ2n) is 8.17. The average Bonchev–Trinajstić information content (AvgIpc) is 3.40. The van der Waals surface area contributed by atoms with Gasteiger partial charge in [0.15, 0.2) is 0 Å². The molecule has 0 bridgehead atoms. The van der Waals surface area contributed by atoms with E-state index in [9.17, 15) is 9.59 Å². The summed E-state index contributed by atoms with van der Waals surface area (Å²) in [6.45, 7) is 3.36. The van der Waals surface area contributed by atoms with Crippen molar-refractivity contribution in [2.45, 2.75) is 6.42 Å². The second kappa shape index (κ2) is 9.74. The highest BCUT2D eigenvalue weighted by molar-refractivity contribution is 5.90. The number of nitrogens with one attached hydrogen (secondary N) is 3. The summed E-state index contributed by atoms with van der Waals surface area (Å²) >= 11 is 0. The fourth-order valence-corrected chi connectivity index (χ4v) is 4.03. The summed E-state index contributed by atoms with van der Waals surface area (Å²) in [5, 5.41) is 12.9. The van der Waals surface area contributed by atoms with E-state index in [2.05, 4.69) is 62.8 Å². The van der Waals surface area contributed by atoms with Crippen LogP contribution < -0.4 is 16.4 Å². The first-order valence-electron chi connectivity index (χ1n) is 10.9. The number of urea groups is 2. The smallest absolute Gasteiger partial charge is 0.321 e. The lowest BCUT2D eigenvalue weighted by molar-refractivity contribution is 0.164. The number of piperazine rings is 1. The van der Waals surface area contributed by atoms with E-state index < -0.39 is 6.03 Å². The molecule has 0 spiro atoms. The van der Waals surface area contributed by atoms with Crippen molar-refractivity contribution in [3.63, 3.8) is 0 Å². The van der Waals surface area contributed by atoms with Crippen LogP contribution in [0, 0.1) is 0 Å². The molecule has 2 heterocycles. The number of primary amides is 1. The zero-order valence-corrected chi connectivity index (χ0v) is 18.9. The summed E-state index contributed by atoms with van der Waals surface area (Å²) in [5.41, 5.74) is 12.3. The SMILES string of the molecule is CN1CCN(C(=O)Nc2ccc(-c3n[nH]c4c3Cc3ccccc3-4)cc2)CC1.CNC(N)=O. The molecule has 1 saturated heterocycles. The quantitative estimate of drug-likeness (QED) is 0.378. The van der Waals surface area contributed by atoms with Gasteiger partial charge in [0.25, 0.3) is 0 Å². The molecule has 1 aromatic heterocycles. The molecule has 5 N–H and O–H groups in total. The van der Waals surface area contributed by atoms with E-state index in [1.165, 1.54) is 23.7 Å². The van der Waals surface area contributed by atoms with Gasteiger partial charge in [0, 0.05) is 62.0 Å². The predicted octanol–water partition coefficient (Wildman–Crippen LogP) is 2.71.